The van der Waals surface area contributed by atoms with E-state index >= 15 is 0 Å². The van der Waals surface area contributed by atoms with Gasteiger partial charge >= 0.3 is 0 Å². The minimum atomic E-state index is 0.740. The molecule has 0 aliphatic heterocycles. The van der Waals surface area contributed by atoms with Crippen molar-refractivity contribution in [3.05, 3.63) is 42.0 Å². The third-order valence-electron chi connectivity index (χ3n) is 2.91. The van der Waals surface area contributed by atoms with Crippen LogP contribution < -0.4 is 15.2 Å². The number of methoxy groups -OCH3 is 2. The van der Waals surface area contributed by atoms with E-state index in [2.05, 4.69) is 6.07 Å². The van der Waals surface area contributed by atoms with E-state index in [0.717, 1.165) is 33.9 Å². The van der Waals surface area contributed by atoms with Crippen LogP contribution >= 0.6 is 0 Å². The average Bonchev–Trinajstić information content (AvgIpc) is 2.41. The van der Waals surface area contributed by atoms with E-state index in [9.17, 15) is 0 Å². The van der Waals surface area contributed by atoms with Gasteiger partial charge in [-0.2, -0.15) is 0 Å². The van der Waals surface area contributed by atoms with Crippen LogP contribution in [0.1, 0.15) is 5.56 Å². The molecular weight excluding hydrogens is 226 g/mol. The molecule has 0 heterocycles. The van der Waals surface area contributed by atoms with E-state index in [1.807, 2.05) is 37.3 Å². The quantitative estimate of drug-likeness (QED) is 0.841. The lowest BCUT2D eigenvalue weighted by Gasteiger charge is -2.13. The predicted molar refractivity (Wildman–Crippen MR) is 74.1 cm³/mol. The molecule has 0 fully saturated rings. The molecular formula is C15H17NO2. The van der Waals surface area contributed by atoms with Crippen molar-refractivity contribution in [3.8, 4) is 22.6 Å². The molecule has 18 heavy (non-hydrogen) atoms. The molecule has 0 saturated carbocycles. The van der Waals surface area contributed by atoms with Crippen LogP contribution in [-0.2, 0) is 0 Å². The largest absolute Gasteiger partial charge is 0.497 e. The molecule has 0 atom stereocenters. The first-order valence-corrected chi connectivity index (χ1v) is 5.74. The third kappa shape index (κ3) is 2.25. The zero-order chi connectivity index (χ0) is 13.1. The second-order valence-corrected chi connectivity index (χ2v) is 4.16. The van der Waals surface area contributed by atoms with Gasteiger partial charge in [0.15, 0.2) is 0 Å². The van der Waals surface area contributed by atoms with E-state index in [-0.39, 0.29) is 0 Å². The van der Waals surface area contributed by atoms with E-state index in [1.165, 1.54) is 0 Å². The van der Waals surface area contributed by atoms with Crippen LogP contribution in [0.25, 0.3) is 11.1 Å². The van der Waals surface area contributed by atoms with Crippen molar-refractivity contribution in [2.75, 3.05) is 20.0 Å². The van der Waals surface area contributed by atoms with E-state index < -0.39 is 0 Å². The van der Waals surface area contributed by atoms with Gasteiger partial charge in [-0.15, -0.1) is 0 Å². The topological polar surface area (TPSA) is 44.5 Å². The molecule has 3 nitrogen and oxygen atoms in total. The zero-order valence-corrected chi connectivity index (χ0v) is 10.9. The number of benzene rings is 2. The Hall–Kier alpha value is -2.16. The molecule has 2 aromatic carbocycles. The van der Waals surface area contributed by atoms with Crippen molar-refractivity contribution in [1.29, 1.82) is 0 Å². The fourth-order valence-electron chi connectivity index (χ4n) is 1.92. The number of hydrogen-bond donors (Lipinski definition) is 1. The Labute approximate surface area is 107 Å². The lowest BCUT2D eigenvalue weighted by Crippen LogP contribution is -1.94. The van der Waals surface area contributed by atoms with Gasteiger partial charge in [0, 0.05) is 22.9 Å². The Morgan fingerprint density at radius 2 is 1.67 bits per heavy atom. The highest BCUT2D eigenvalue weighted by atomic mass is 16.5. The normalized spacial score (nSPS) is 10.2. The molecule has 0 radical (unpaired) electrons. The number of ether oxygens (including phenoxy) is 2. The van der Waals surface area contributed by atoms with Crippen molar-refractivity contribution < 1.29 is 9.47 Å². The second kappa shape index (κ2) is 5.00. The summed E-state index contributed by atoms with van der Waals surface area (Å²) in [6.07, 6.45) is 0. The maximum Gasteiger partial charge on any atom is 0.130 e. The Morgan fingerprint density at radius 1 is 0.889 bits per heavy atom. The van der Waals surface area contributed by atoms with Gasteiger partial charge in [0.25, 0.3) is 0 Å². The highest BCUT2D eigenvalue weighted by Gasteiger charge is 2.10. The maximum absolute atomic E-state index is 6.03. The number of nitrogen functional groups attached to an aromatic ring is 1. The number of aryl methyl sites for hydroxylation is 1. The fraction of sp³-hybridized carbons (Fsp3) is 0.200. The SMILES string of the molecule is COc1ccc(-c2cc(C)ccc2N)c(OC)c1. The molecule has 0 saturated heterocycles. The van der Waals surface area contributed by atoms with Gasteiger partial charge in [0.2, 0.25) is 0 Å². The standard InChI is InChI=1S/C15H17NO2/c1-10-4-7-14(16)13(8-10)12-6-5-11(17-2)9-15(12)18-3/h4-9H,16H2,1-3H3. The van der Waals surface area contributed by atoms with Crippen molar-refractivity contribution >= 4 is 5.69 Å². The molecule has 0 bridgehead atoms. The number of nitrogens with two attached hydrogens (primary N) is 1. The Kier molecular flexibility index (Phi) is 3.42. The summed E-state index contributed by atoms with van der Waals surface area (Å²) in [4.78, 5) is 0. The Balaban J connectivity index is 2.59. The lowest BCUT2D eigenvalue weighted by atomic mass is 10.0. The second-order valence-electron chi connectivity index (χ2n) is 4.16. The van der Waals surface area contributed by atoms with Crippen molar-refractivity contribution in [3.63, 3.8) is 0 Å². The van der Waals surface area contributed by atoms with Crippen LogP contribution in [0.2, 0.25) is 0 Å². The van der Waals surface area contributed by atoms with E-state index in [4.69, 9.17) is 15.2 Å². The van der Waals surface area contributed by atoms with Crippen molar-refractivity contribution in [1.82, 2.24) is 0 Å². The Bertz CT molecular complexity index is 564. The molecule has 2 aromatic rings. The molecule has 94 valence electrons. The minimum Gasteiger partial charge on any atom is -0.497 e. The van der Waals surface area contributed by atoms with Gasteiger partial charge < -0.3 is 15.2 Å². The van der Waals surface area contributed by atoms with Gasteiger partial charge in [-0.3, -0.25) is 0 Å². The summed E-state index contributed by atoms with van der Waals surface area (Å²) in [7, 11) is 3.28. The van der Waals surface area contributed by atoms with Gasteiger partial charge in [0.1, 0.15) is 11.5 Å². The van der Waals surface area contributed by atoms with E-state index in [0.29, 0.717) is 0 Å². The number of hydrogen-bond acceptors (Lipinski definition) is 3. The molecule has 3 heteroatoms. The molecule has 2 N–H and O–H groups in total. The molecule has 0 aromatic heterocycles. The van der Waals surface area contributed by atoms with Gasteiger partial charge in [-0.1, -0.05) is 11.6 Å². The predicted octanol–water partition coefficient (Wildman–Crippen LogP) is 3.26. The summed E-state index contributed by atoms with van der Waals surface area (Å²) in [5.74, 6) is 1.52. The van der Waals surface area contributed by atoms with Crippen molar-refractivity contribution in [2.45, 2.75) is 6.92 Å². The highest BCUT2D eigenvalue weighted by molar-refractivity contribution is 5.81. The van der Waals surface area contributed by atoms with Crippen LogP contribution in [0.4, 0.5) is 5.69 Å². The monoisotopic (exact) mass is 243 g/mol. The molecule has 0 aliphatic carbocycles. The molecule has 0 aliphatic rings. The van der Waals surface area contributed by atoms with Gasteiger partial charge in [-0.05, 0) is 31.2 Å². The van der Waals surface area contributed by atoms with Gasteiger partial charge in [-0.25, -0.2) is 0 Å². The summed E-state index contributed by atoms with van der Waals surface area (Å²) in [6, 6.07) is 11.7. The Morgan fingerprint density at radius 3 is 2.33 bits per heavy atom. The molecule has 0 unspecified atom stereocenters. The number of rotatable bonds is 3. The van der Waals surface area contributed by atoms with Crippen LogP contribution in [0, 0.1) is 6.92 Å². The highest BCUT2D eigenvalue weighted by Crippen LogP contribution is 2.36. The lowest BCUT2D eigenvalue weighted by molar-refractivity contribution is 0.395. The molecule has 2 rings (SSSR count). The first-order valence-electron chi connectivity index (χ1n) is 5.74. The average molecular weight is 243 g/mol. The fourth-order valence-corrected chi connectivity index (χ4v) is 1.92. The van der Waals surface area contributed by atoms with Crippen molar-refractivity contribution in [2.24, 2.45) is 0 Å². The van der Waals surface area contributed by atoms with Crippen LogP contribution in [0.15, 0.2) is 36.4 Å². The first kappa shape index (κ1) is 12.3. The zero-order valence-electron chi connectivity index (χ0n) is 10.9. The summed E-state index contributed by atoms with van der Waals surface area (Å²) in [6.45, 7) is 2.04. The minimum absolute atomic E-state index is 0.740. The molecule has 0 amide bonds. The smallest absolute Gasteiger partial charge is 0.130 e. The van der Waals surface area contributed by atoms with Gasteiger partial charge in [0.05, 0.1) is 14.2 Å². The summed E-state index contributed by atoms with van der Waals surface area (Å²) in [5.41, 5.74) is 9.89. The van der Waals surface area contributed by atoms with Crippen LogP contribution in [0.5, 0.6) is 11.5 Å². The third-order valence-corrected chi connectivity index (χ3v) is 2.91. The van der Waals surface area contributed by atoms with Crippen LogP contribution in [0.3, 0.4) is 0 Å². The maximum atomic E-state index is 6.03. The number of anilines is 1. The molecule has 0 spiro atoms. The van der Waals surface area contributed by atoms with E-state index in [1.54, 1.807) is 14.2 Å². The van der Waals surface area contributed by atoms with Crippen LogP contribution in [-0.4, -0.2) is 14.2 Å². The summed E-state index contributed by atoms with van der Waals surface area (Å²) < 4.78 is 10.6. The summed E-state index contributed by atoms with van der Waals surface area (Å²) >= 11 is 0. The first-order chi connectivity index (χ1) is 8.65. The summed E-state index contributed by atoms with van der Waals surface area (Å²) in [5, 5.41) is 0.